The molecule has 20 heavy (non-hydrogen) atoms. The molecule has 0 spiro atoms. The first-order chi connectivity index (χ1) is 9.25. The predicted octanol–water partition coefficient (Wildman–Crippen LogP) is 5.04. The quantitative estimate of drug-likeness (QED) is 0.374. The molecule has 0 aliphatic heterocycles. The lowest BCUT2D eigenvalue weighted by atomic mass is 10.3. The van der Waals surface area contributed by atoms with E-state index >= 15 is 0 Å². The molecule has 0 fully saturated rings. The molecule has 5 heteroatoms. The van der Waals surface area contributed by atoms with Gasteiger partial charge in [0.2, 0.25) is 0 Å². The summed E-state index contributed by atoms with van der Waals surface area (Å²) >= 11 is 0. The molecule has 0 aliphatic carbocycles. The monoisotopic (exact) mass is 302 g/mol. The number of rotatable bonds is 12. The molecule has 0 bridgehead atoms. The fourth-order valence-corrected chi connectivity index (χ4v) is 2.28. The van der Waals surface area contributed by atoms with E-state index in [9.17, 15) is 4.57 Å². The fraction of sp³-hybridized carbons (Fsp3) is 0.600. The zero-order chi connectivity index (χ0) is 15.6. The van der Waals surface area contributed by atoms with Gasteiger partial charge in [-0.1, -0.05) is 16.7 Å². The highest BCUT2D eigenvalue weighted by molar-refractivity contribution is 7.48. The van der Waals surface area contributed by atoms with E-state index < -0.39 is 7.82 Å². The van der Waals surface area contributed by atoms with E-state index in [0.717, 1.165) is 16.7 Å². The van der Waals surface area contributed by atoms with Crippen molar-refractivity contribution < 1.29 is 18.1 Å². The Morgan fingerprint density at radius 2 is 1.00 bits per heavy atom. The topological polar surface area (TPSA) is 44.8 Å². The zero-order valence-electron chi connectivity index (χ0n) is 12.9. The van der Waals surface area contributed by atoms with Gasteiger partial charge in [0.25, 0.3) is 0 Å². The Labute approximate surface area is 123 Å². The summed E-state index contributed by atoms with van der Waals surface area (Å²) < 4.78 is 28.3. The van der Waals surface area contributed by atoms with E-state index in [-0.39, 0.29) is 19.8 Å². The maximum absolute atomic E-state index is 12.4. The minimum atomic E-state index is -3.51. The first kappa shape index (κ1) is 19.3. The second-order valence-electron chi connectivity index (χ2n) is 5.07. The van der Waals surface area contributed by atoms with Crippen LogP contribution < -0.4 is 0 Å². The Balaban J connectivity index is 4.33. The second-order valence-corrected chi connectivity index (χ2v) is 6.74. The van der Waals surface area contributed by atoms with Crippen LogP contribution >= 0.6 is 7.82 Å². The lowest BCUT2D eigenvalue weighted by Gasteiger charge is -2.18. The van der Waals surface area contributed by atoms with Gasteiger partial charge in [0.05, 0.1) is 19.8 Å². The maximum atomic E-state index is 12.4. The minimum Gasteiger partial charge on any atom is -0.287 e. The van der Waals surface area contributed by atoms with Crippen LogP contribution in [0.5, 0.6) is 0 Å². The molecule has 0 N–H and O–H groups in total. The smallest absolute Gasteiger partial charge is 0.287 e. The summed E-state index contributed by atoms with van der Waals surface area (Å²) in [5, 5.41) is 0. The van der Waals surface area contributed by atoms with E-state index in [2.05, 4.69) is 19.7 Å². The molecule has 0 amide bonds. The van der Waals surface area contributed by atoms with Crippen LogP contribution in [0, 0.1) is 0 Å². The molecule has 4 nitrogen and oxygen atoms in total. The summed E-state index contributed by atoms with van der Waals surface area (Å²) in [5.74, 6) is 0. The van der Waals surface area contributed by atoms with Gasteiger partial charge in [-0.05, 0) is 40.0 Å². The molecule has 116 valence electrons. The summed E-state index contributed by atoms with van der Waals surface area (Å²) in [7, 11) is -3.51. The van der Waals surface area contributed by atoms with Crippen molar-refractivity contribution >= 4 is 7.82 Å². The molecule has 0 radical (unpaired) electrons. The highest BCUT2D eigenvalue weighted by atomic mass is 31.2. The summed E-state index contributed by atoms with van der Waals surface area (Å²) in [5.41, 5.74) is 2.88. The zero-order valence-corrected chi connectivity index (χ0v) is 13.8. The highest BCUT2D eigenvalue weighted by Crippen LogP contribution is 2.50. The normalized spacial score (nSPS) is 11.3. The molecule has 0 atom stereocenters. The van der Waals surface area contributed by atoms with Gasteiger partial charge in [-0.2, -0.15) is 0 Å². The summed E-state index contributed by atoms with van der Waals surface area (Å²) in [6.07, 6.45) is 1.87. The first-order valence-electron chi connectivity index (χ1n) is 6.72. The Hall–Kier alpha value is -0.670. The van der Waals surface area contributed by atoms with Gasteiger partial charge >= 0.3 is 7.82 Å². The molecule has 0 rings (SSSR count). The molecule has 0 aromatic heterocycles. The average molecular weight is 302 g/mol. The summed E-state index contributed by atoms with van der Waals surface area (Å²) in [4.78, 5) is 0. The van der Waals surface area contributed by atoms with E-state index in [1.54, 1.807) is 0 Å². The van der Waals surface area contributed by atoms with E-state index in [1.807, 2.05) is 20.8 Å². The van der Waals surface area contributed by atoms with Crippen molar-refractivity contribution in [3.63, 3.8) is 0 Å². The van der Waals surface area contributed by atoms with Crippen LogP contribution in [-0.4, -0.2) is 19.8 Å². The molecule has 0 aliphatic rings. The van der Waals surface area contributed by atoms with Gasteiger partial charge in [-0.25, -0.2) is 4.57 Å². The third-order valence-electron chi connectivity index (χ3n) is 2.33. The van der Waals surface area contributed by atoms with Gasteiger partial charge in [-0.15, -0.1) is 19.7 Å². The van der Waals surface area contributed by atoms with Crippen LogP contribution in [0.3, 0.4) is 0 Å². The van der Waals surface area contributed by atoms with Gasteiger partial charge in [-0.3, -0.25) is 13.6 Å². The predicted molar refractivity (Wildman–Crippen MR) is 83.8 cm³/mol. The van der Waals surface area contributed by atoms with Crippen molar-refractivity contribution in [1.29, 1.82) is 0 Å². The average Bonchev–Trinajstić information content (AvgIpc) is 2.27. The van der Waals surface area contributed by atoms with Crippen molar-refractivity contribution in [3.05, 3.63) is 36.5 Å². The third-order valence-corrected chi connectivity index (χ3v) is 3.83. The van der Waals surface area contributed by atoms with Crippen molar-refractivity contribution in [2.24, 2.45) is 0 Å². The molecule has 0 aromatic carbocycles. The largest absolute Gasteiger partial charge is 0.474 e. The molecule has 0 saturated carbocycles. The van der Waals surface area contributed by atoms with Gasteiger partial charge in [0.1, 0.15) is 0 Å². The molecule has 0 saturated heterocycles. The van der Waals surface area contributed by atoms with Crippen LogP contribution in [0.15, 0.2) is 36.5 Å². The number of hydrogen-bond donors (Lipinski definition) is 0. The second kappa shape index (κ2) is 10.1. The van der Waals surface area contributed by atoms with Crippen LogP contribution in [0.4, 0.5) is 0 Å². The standard InChI is InChI=1S/C15H27O4P/c1-13(2)7-10-17-20(16,18-11-8-14(3)4)19-12-9-15(5)6/h1,3,5,7-12H2,2,4,6H3. The Kier molecular flexibility index (Phi) is 9.78. The van der Waals surface area contributed by atoms with Crippen molar-refractivity contribution in [3.8, 4) is 0 Å². The van der Waals surface area contributed by atoms with Crippen LogP contribution in [0.2, 0.25) is 0 Å². The van der Waals surface area contributed by atoms with Gasteiger partial charge in [0.15, 0.2) is 0 Å². The number of phosphoric acid groups is 1. The van der Waals surface area contributed by atoms with Gasteiger partial charge in [0, 0.05) is 0 Å². The lowest BCUT2D eigenvalue weighted by molar-refractivity contribution is 0.116. The number of hydrogen-bond acceptors (Lipinski definition) is 4. The first-order valence-corrected chi connectivity index (χ1v) is 8.18. The SMILES string of the molecule is C=C(C)CCOP(=O)(OCCC(=C)C)OCCC(=C)C. The Morgan fingerprint density at radius 3 is 1.20 bits per heavy atom. The van der Waals surface area contributed by atoms with Gasteiger partial charge < -0.3 is 0 Å². The Bertz CT molecular complexity index is 330. The van der Waals surface area contributed by atoms with Crippen LogP contribution in [0.1, 0.15) is 40.0 Å². The molecule has 0 heterocycles. The van der Waals surface area contributed by atoms with E-state index in [4.69, 9.17) is 13.6 Å². The minimum absolute atomic E-state index is 0.271. The molecular weight excluding hydrogens is 275 g/mol. The molecule has 0 unspecified atom stereocenters. The van der Waals surface area contributed by atoms with Crippen LogP contribution in [-0.2, 0) is 18.1 Å². The van der Waals surface area contributed by atoms with Crippen LogP contribution in [0.25, 0.3) is 0 Å². The maximum Gasteiger partial charge on any atom is 0.474 e. The third kappa shape index (κ3) is 11.2. The van der Waals surface area contributed by atoms with E-state index in [1.165, 1.54) is 0 Å². The Morgan fingerprint density at radius 1 is 0.750 bits per heavy atom. The summed E-state index contributed by atoms with van der Waals surface area (Å²) in [6, 6.07) is 0. The molecule has 0 aromatic rings. The van der Waals surface area contributed by atoms with Crippen molar-refractivity contribution in [2.45, 2.75) is 40.0 Å². The van der Waals surface area contributed by atoms with Crippen molar-refractivity contribution in [1.82, 2.24) is 0 Å². The number of phosphoric ester groups is 1. The fourth-order valence-electron chi connectivity index (χ4n) is 1.11. The van der Waals surface area contributed by atoms with E-state index in [0.29, 0.717) is 19.3 Å². The lowest BCUT2D eigenvalue weighted by Crippen LogP contribution is -2.04. The highest BCUT2D eigenvalue weighted by Gasteiger charge is 2.26. The molecular formula is C15H27O4P. The summed E-state index contributed by atoms with van der Waals surface area (Å²) in [6.45, 7) is 17.8. The van der Waals surface area contributed by atoms with Crippen molar-refractivity contribution in [2.75, 3.05) is 19.8 Å².